The van der Waals surface area contributed by atoms with Crippen molar-refractivity contribution in [2.75, 3.05) is 33.4 Å². The number of methoxy groups -OCH3 is 1. The number of carbonyl (C=O) groups excluding carboxylic acids is 2. The third-order valence-corrected chi connectivity index (χ3v) is 4.59. The second-order valence-corrected chi connectivity index (χ2v) is 6.50. The summed E-state index contributed by atoms with van der Waals surface area (Å²) in [5, 5.41) is 2.99. The zero-order chi connectivity index (χ0) is 18.2. The van der Waals surface area contributed by atoms with Crippen molar-refractivity contribution in [2.45, 2.75) is 39.2 Å². The molecular weight excluding hydrogens is 320 g/mol. The summed E-state index contributed by atoms with van der Waals surface area (Å²) in [5.74, 6) is 0.712. The molecule has 25 heavy (non-hydrogen) atoms. The van der Waals surface area contributed by atoms with Crippen molar-refractivity contribution in [3.63, 3.8) is 0 Å². The number of nitrogens with one attached hydrogen (secondary N) is 1. The van der Waals surface area contributed by atoms with E-state index >= 15 is 0 Å². The third kappa shape index (κ3) is 6.05. The van der Waals surface area contributed by atoms with E-state index in [1.165, 1.54) is 5.56 Å². The predicted octanol–water partition coefficient (Wildman–Crippen LogP) is 1.83. The van der Waals surface area contributed by atoms with Crippen LogP contribution in [-0.4, -0.2) is 56.2 Å². The quantitative estimate of drug-likeness (QED) is 0.816. The van der Waals surface area contributed by atoms with Crippen molar-refractivity contribution >= 4 is 11.8 Å². The van der Waals surface area contributed by atoms with Crippen molar-refractivity contribution in [3.8, 4) is 5.75 Å². The molecule has 1 saturated heterocycles. The lowest BCUT2D eigenvalue weighted by atomic mass is 10.0. The highest BCUT2D eigenvalue weighted by Crippen LogP contribution is 2.17. The van der Waals surface area contributed by atoms with Crippen molar-refractivity contribution in [3.05, 3.63) is 29.3 Å². The minimum atomic E-state index is -0.0117. The average molecular weight is 348 g/mol. The third-order valence-electron chi connectivity index (χ3n) is 4.59. The molecule has 0 atom stereocenters. The minimum Gasteiger partial charge on any atom is -0.484 e. The minimum absolute atomic E-state index is 0.00435. The molecule has 1 aromatic rings. The van der Waals surface area contributed by atoms with Gasteiger partial charge in [0.05, 0.1) is 6.61 Å². The topological polar surface area (TPSA) is 67.9 Å². The molecular formula is C19H28N2O4. The van der Waals surface area contributed by atoms with Gasteiger partial charge < -0.3 is 19.7 Å². The number of nitrogens with zero attached hydrogens (tertiary/aromatic N) is 1. The number of aryl methyl sites for hydroxylation is 2. The van der Waals surface area contributed by atoms with E-state index in [9.17, 15) is 9.59 Å². The molecule has 0 radical (unpaired) electrons. The summed E-state index contributed by atoms with van der Waals surface area (Å²) >= 11 is 0. The zero-order valence-electron chi connectivity index (χ0n) is 15.3. The summed E-state index contributed by atoms with van der Waals surface area (Å²) in [6.45, 7) is 5.83. The Morgan fingerprint density at radius 3 is 2.56 bits per heavy atom. The molecule has 1 N–H and O–H groups in total. The van der Waals surface area contributed by atoms with Gasteiger partial charge in [-0.2, -0.15) is 0 Å². The van der Waals surface area contributed by atoms with Gasteiger partial charge in [0.2, 0.25) is 5.91 Å². The summed E-state index contributed by atoms with van der Waals surface area (Å²) in [5.41, 5.74) is 2.35. The lowest BCUT2D eigenvalue weighted by Gasteiger charge is -2.32. The van der Waals surface area contributed by atoms with Crippen LogP contribution in [0.15, 0.2) is 18.2 Å². The summed E-state index contributed by atoms with van der Waals surface area (Å²) < 4.78 is 10.5. The Bertz CT molecular complexity index is 595. The fraction of sp³-hybridized carbons (Fsp3) is 0.579. The molecule has 2 rings (SSSR count). The van der Waals surface area contributed by atoms with Crippen LogP contribution in [0.3, 0.4) is 0 Å². The lowest BCUT2D eigenvalue weighted by molar-refractivity contribution is -0.134. The van der Waals surface area contributed by atoms with Crippen molar-refractivity contribution in [1.82, 2.24) is 10.2 Å². The number of amides is 2. The van der Waals surface area contributed by atoms with E-state index in [-0.39, 0.29) is 24.5 Å². The van der Waals surface area contributed by atoms with Crippen LogP contribution in [0.1, 0.15) is 30.4 Å². The van der Waals surface area contributed by atoms with Crippen LogP contribution >= 0.6 is 0 Å². The number of piperidine rings is 1. The van der Waals surface area contributed by atoms with E-state index in [0.29, 0.717) is 26.1 Å². The van der Waals surface area contributed by atoms with Crippen molar-refractivity contribution in [1.29, 1.82) is 0 Å². The molecule has 0 spiro atoms. The first-order chi connectivity index (χ1) is 12.0. The first kappa shape index (κ1) is 19.2. The SMILES string of the molecule is COCCC(=O)NC1CCN(C(=O)COc2ccc(C)c(C)c2)CC1. The molecule has 0 saturated carbocycles. The standard InChI is InChI=1S/C19H28N2O4/c1-14-4-5-17(12-15(14)2)25-13-19(23)21-9-6-16(7-10-21)20-18(22)8-11-24-3/h4-5,12,16H,6-11,13H2,1-3H3,(H,20,22). The Morgan fingerprint density at radius 2 is 1.92 bits per heavy atom. The number of hydrogen-bond acceptors (Lipinski definition) is 4. The normalized spacial score (nSPS) is 15.1. The molecule has 0 unspecified atom stereocenters. The smallest absolute Gasteiger partial charge is 0.260 e. The second-order valence-electron chi connectivity index (χ2n) is 6.50. The maximum atomic E-state index is 12.3. The molecule has 1 fully saturated rings. The second kappa shape index (κ2) is 9.42. The van der Waals surface area contributed by atoms with Crippen LogP contribution in [0.4, 0.5) is 0 Å². The van der Waals surface area contributed by atoms with Gasteiger partial charge in [-0.3, -0.25) is 9.59 Å². The van der Waals surface area contributed by atoms with E-state index in [0.717, 1.165) is 24.2 Å². The molecule has 1 heterocycles. The average Bonchev–Trinajstić information content (AvgIpc) is 2.61. The molecule has 6 nitrogen and oxygen atoms in total. The summed E-state index contributed by atoms with van der Waals surface area (Å²) in [6.07, 6.45) is 1.92. The number of rotatable bonds is 7. The molecule has 1 aliphatic heterocycles. The van der Waals surface area contributed by atoms with Crippen LogP contribution in [-0.2, 0) is 14.3 Å². The molecule has 0 aliphatic carbocycles. The fourth-order valence-electron chi connectivity index (χ4n) is 2.81. The Morgan fingerprint density at radius 1 is 1.20 bits per heavy atom. The Labute approximate surface area is 149 Å². The molecule has 0 bridgehead atoms. The van der Waals surface area contributed by atoms with E-state index in [1.54, 1.807) is 12.0 Å². The van der Waals surface area contributed by atoms with Gasteiger partial charge in [0.25, 0.3) is 5.91 Å². The molecule has 1 aliphatic rings. The van der Waals surface area contributed by atoms with Crippen LogP contribution in [0, 0.1) is 13.8 Å². The highest BCUT2D eigenvalue weighted by molar-refractivity contribution is 5.78. The first-order valence-corrected chi connectivity index (χ1v) is 8.75. The van der Waals surface area contributed by atoms with Gasteiger partial charge in [-0.05, 0) is 49.9 Å². The van der Waals surface area contributed by atoms with Crippen molar-refractivity contribution in [2.24, 2.45) is 0 Å². The zero-order valence-corrected chi connectivity index (χ0v) is 15.3. The van der Waals surface area contributed by atoms with Gasteiger partial charge in [0, 0.05) is 32.7 Å². The largest absolute Gasteiger partial charge is 0.484 e. The van der Waals surface area contributed by atoms with E-state index in [2.05, 4.69) is 5.32 Å². The molecule has 0 aromatic heterocycles. The van der Waals surface area contributed by atoms with Crippen LogP contribution < -0.4 is 10.1 Å². The predicted molar refractivity (Wildman–Crippen MR) is 95.6 cm³/mol. The molecule has 6 heteroatoms. The number of ether oxygens (including phenoxy) is 2. The van der Waals surface area contributed by atoms with E-state index < -0.39 is 0 Å². The van der Waals surface area contributed by atoms with E-state index in [1.807, 2.05) is 32.0 Å². The van der Waals surface area contributed by atoms with Gasteiger partial charge in [-0.25, -0.2) is 0 Å². The molecule has 1 aromatic carbocycles. The summed E-state index contributed by atoms with van der Waals surface area (Å²) in [6, 6.07) is 5.96. The number of hydrogen-bond donors (Lipinski definition) is 1. The van der Waals surface area contributed by atoms with Gasteiger partial charge in [0.1, 0.15) is 5.75 Å². The maximum absolute atomic E-state index is 12.3. The van der Waals surface area contributed by atoms with Crippen LogP contribution in [0.2, 0.25) is 0 Å². The Kier molecular flexibility index (Phi) is 7.25. The number of carbonyl (C=O) groups is 2. The Balaban J connectivity index is 1.71. The number of benzene rings is 1. The molecule has 2 amide bonds. The summed E-state index contributed by atoms with van der Waals surface area (Å²) in [4.78, 5) is 25.8. The highest BCUT2D eigenvalue weighted by atomic mass is 16.5. The maximum Gasteiger partial charge on any atom is 0.260 e. The highest BCUT2D eigenvalue weighted by Gasteiger charge is 2.24. The Hall–Kier alpha value is -2.08. The monoisotopic (exact) mass is 348 g/mol. The van der Waals surface area contributed by atoms with Gasteiger partial charge in [0.15, 0.2) is 6.61 Å². The van der Waals surface area contributed by atoms with Gasteiger partial charge in [-0.15, -0.1) is 0 Å². The van der Waals surface area contributed by atoms with Crippen molar-refractivity contribution < 1.29 is 19.1 Å². The van der Waals surface area contributed by atoms with Gasteiger partial charge >= 0.3 is 0 Å². The lowest BCUT2D eigenvalue weighted by Crippen LogP contribution is -2.47. The first-order valence-electron chi connectivity index (χ1n) is 8.75. The van der Waals surface area contributed by atoms with Crippen LogP contribution in [0.5, 0.6) is 5.75 Å². The van der Waals surface area contributed by atoms with Crippen LogP contribution in [0.25, 0.3) is 0 Å². The molecule has 138 valence electrons. The summed E-state index contributed by atoms with van der Waals surface area (Å²) in [7, 11) is 1.58. The number of likely N-dealkylation sites (tertiary alicyclic amines) is 1. The fourth-order valence-corrected chi connectivity index (χ4v) is 2.81. The van der Waals surface area contributed by atoms with Gasteiger partial charge in [-0.1, -0.05) is 6.07 Å². The van der Waals surface area contributed by atoms with E-state index in [4.69, 9.17) is 9.47 Å².